The molecule has 0 atom stereocenters. The first kappa shape index (κ1) is 34.1. The summed E-state index contributed by atoms with van der Waals surface area (Å²) < 4.78 is 26.7. The van der Waals surface area contributed by atoms with E-state index in [1.807, 2.05) is 25.7 Å². The molecule has 0 fully saturated rings. The molecular formula is C27H50N2O7. The average Bonchev–Trinajstić information content (AvgIpc) is 2.81. The molecule has 0 saturated heterocycles. The first-order chi connectivity index (χ1) is 17.3. The summed E-state index contributed by atoms with van der Waals surface area (Å²) in [5.41, 5.74) is -0.492. The van der Waals surface area contributed by atoms with Crippen LogP contribution in [0.2, 0.25) is 0 Å². The van der Waals surface area contributed by atoms with Gasteiger partial charge in [0.2, 0.25) is 5.91 Å². The number of nitrogens with one attached hydrogen (secondary N) is 1. The molecule has 9 nitrogen and oxygen atoms in total. The number of nitrogens with zero attached hydrogens (tertiary/aromatic N) is 1. The lowest BCUT2D eigenvalue weighted by Gasteiger charge is -2.23. The summed E-state index contributed by atoms with van der Waals surface area (Å²) in [5, 5.41) is 2.77. The first-order valence-electron chi connectivity index (χ1n) is 13.3. The van der Waals surface area contributed by atoms with Crippen LogP contribution >= 0.6 is 0 Å². The average molecular weight is 515 g/mol. The van der Waals surface area contributed by atoms with E-state index >= 15 is 0 Å². The van der Waals surface area contributed by atoms with Crippen molar-refractivity contribution in [1.29, 1.82) is 0 Å². The predicted molar refractivity (Wildman–Crippen MR) is 141 cm³/mol. The fourth-order valence-electron chi connectivity index (χ4n) is 3.13. The van der Waals surface area contributed by atoms with Crippen molar-refractivity contribution in [3.05, 3.63) is 0 Å². The monoisotopic (exact) mass is 514 g/mol. The molecule has 36 heavy (non-hydrogen) atoms. The van der Waals surface area contributed by atoms with E-state index in [0.29, 0.717) is 65.8 Å². The Labute approximate surface area is 218 Å². The molecule has 0 aliphatic heterocycles. The first-order valence-corrected chi connectivity index (χ1v) is 13.3. The number of ether oxygens (including phenoxy) is 5. The number of unbranched alkanes of at least 4 members (excludes halogenated alkanes) is 4. The quantitative estimate of drug-likeness (QED) is 0.164. The van der Waals surface area contributed by atoms with E-state index in [1.54, 1.807) is 0 Å². The minimum absolute atomic E-state index is 0.124. The Kier molecular flexibility index (Phi) is 22.3. The maximum Gasteiger partial charge on any atom is 0.407 e. The Balaban J connectivity index is 3.90. The lowest BCUT2D eigenvalue weighted by molar-refractivity contribution is -0.132. The Morgan fingerprint density at radius 2 is 1.36 bits per heavy atom. The van der Waals surface area contributed by atoms with Gasteiger partial charge in [-0.15, -0.1) is 6.42 Å². The molecular weight excluding hydrogens is 464 g/mol. The van der Waals surface area contributed by atoms with E-state index in [9.17, 15) is 9.59 Å². The second-order valence-electron chi connectivity index (χ2n) is 9.42. The van der Waals surface area contributed by atoms with Crippen LogP contribution in [0.25, 0.3) is 0 Å². The van der Waals surface area contributed by atoms with Crippen molar-refractivity contribution in [3.63, 3.8) is 0 Å². The summed E-state index contributed by atoms with van der Waals surface area (Å²) in [7, 11) is 0. The van der Waals surface area contributed by atoms with Crippen LogP contribution in [0.1, 0.15) is 72.6 Å². The van der Waals surface area contributed by atoms with E-state index in [1.165, 1.54) is 0 Å². The van der Waals surface area contributed by atoms with Crippen molar-refractivity contribution >= 4 is 12.0 Å². The zero-order valence-electron chi connectivity index (χ0n) is 23.1. The summed E-state index contributed by atoms with van der Waals surface area (Å²) >= 11 is 0. The van der Waals surface area contributed by atoms with Crippen molar-refractivity contribution in [2.75, 3.05) is 72.5 Å². The van der Waals surface area contributed by atoms with E-state index < -0.39 is 5.60 Å². The highest BCUT2D eigenvalue weighted by atomic mass is 16.6. The SMILES string of the molecule is C#CCOCCOCCOCCOCCC(=O)N(CCCCC)CCCCCNC(=O)OC(C)(C)C. The van der Waals surface area contributed by atoms with Crippen LogP contribution in [0.5, 0.6) is 0 Å². The van der Waals surface area contributed by atoms with Crippen molar-refractivity contribution in [3.8, 4) is 12.3 Å². The molecule has 0 spiro atoms. The third kappa shape index (κ3) is 23.9. The third-order valence-corrected chi connectivity index (χ3v) is 4.92. The fraction of sp³-hybridized carbons (Fsp3) is 0.852. The molecule has 0 aliphatic rings. The Morgan fingerprint density at radius 1 is 0.806 bits per heavy atom. The number of hydrogen-bond acceptors (Lipinski definition) is 7. The normalized spacial score (nSPS) is 11.2. The van der Waals surface area contributed by atoms with Crippen LogP contribution in [0.15, 0.2) is 0 Å². The van der Waals surface area contributed by atoms with Crippen molar-refractivity contribution in [2.24, 2.45) is 0 Å². The molecule has 0 aromatic heterocycles. The maximum atomic E-state index is 12.7. The summed E-state index contributed by atoms with van der Waals surface area (Å²) in [6.45, 7) is 13.3. The summed E-state index contributed by atoms with van der Waals surface area (Å²) in [6, 6.07) is 0. The van der Waals surface area contributed by atoms with Crippen LogP contribution in [0.3, 0.4) is 0 Å². The molecule has 0 rings (SSSR count). The van der Waals surface area contributed by atoms with E-state index in [-0.39, 0.29) is 12.0 Å². The largest absolute Gasteiger partial charge is 0.444 e. The lowest BCUT2D eigenvalue weighted by atomic mass is 10.2. The van der Waals surface area contributed by atoms with Gasteiger partial charge in [-0.05, 0) is 46.5 Å². The van der Waals surface area contributed by atoms with Gasteiger partial charge in [0.1, 0.15) is 12.2 Å². The molecule has 0 heterocycles. The highest BCUT2D eigenvalue weighted by Gasteiger charge is 2.16. The predicted octanol–water partition coefficient (Wildman–Crippen LogP) is 3.79. The van der Waals surface area contributed by atoms with E-state index in [2.05, 4.69) is 18.2 Å². The molecule has 210 valence electrons. The highest BCUT2D eigenvalue weighted by molar-refractivity contribution is 5.76. The van der Waals surface area contributed by atoms with Gasteiger partial charge in [-0.3, -0.25) is 4.79 Å². The van der Waals surface area contributed by atoms with Crippen molar-refractivity contribution < 1.29 is 33.3 Å². The molecule has 0 aliphatic carbocycles. The topological polar surface area (TPSA) is 95.6 Å². The molecule has 0 aromatic carbocycles. The molecule has 1 N–H and O–H groups in total. The number of carbonyl (C=O) groups excluding carboxylic acids is 2. The lowest BCUT2D eigenvalue weighted by Crippen LogP contribution is -2.34. The Bertz CT molecular complexity index is 588. The summed E-state index contributed by atoms with van der Waals surface area (Å²) in [4.78, 5) is 26.3. The number of rotatable bonds is 23. The smallest absolute Gasteiger partial charge is 0.407 e. The van der Waals surface area contributed by atoms with Gasteiger partial charge < -0.3 is 33.9 Å². The number of alkyl carbamates (subject to hydrolysis) is 1. The van der Waals surface area contributed by atoms with E-state index in [0.717, 1.165) is 51.6 Å². The van der Waals surface area contributed by atoms with Crippen LogP contribution in [0, 0.1) is 12.3 Å². The Hall–Kier alpha value is -1.86. The molecule has 0 radical (unpaired) electrons. The summed E-state index contributed by atoms with van der Waals surface area (Å²) in [5.74, 6) is 2.52. The molecule has 0 saturated carbocycles. The molecule has 0 unspecified atom stereocenters. The van der Waals surface area contributed by atoms with Crippen molar-refractivity contribution in [2.45, 2.75) is 78.2 Å². The molecule has 0 bridgehead atoms. The fourth-order valence-corrected chi connectivity index (χ4v) is 3.13. The van der Waals surface area contributed by atoms with Crippen molar-refractivity contribution in [1.82, 2.24) is 10.2 Å². The molecule has 2 amide bonds. The van der Waals surface area contributed by atoms with Gasteiger partial charge in [0.15, 0.2) is 0 Å². The second kappa shape index (κ2) is 23.5. The number of hydrogen-bond donors (Lipinski definition) is 1. The second-order valence-corrected chi connectivity index (χ2v) is 9.42. The minimum atomic E-state index is -0.492. The zero-order valence-corrected chi connectivity index (χ0v) is 23.1. The van der Waals surface area contributed by atoms with Gasteiger partial charge in [0.05, 0.1) is 52.7 Å². The standard InChI is InChI=1S/C27H50N2O7/c1-6-8-11-15-29(16-12-9-10-14-28-26(31)36-27(3,4)5)25(30)13-18-33-20-22-35-24-23-34-21-19-32-17-7-2/h2H,6,8-24H2,1,3-5H3,(H,28,31). The number of amides is 2. The van der Waals surface area contributed by atoms with Crippen LogP contribution in [0.4, 0.5) is 4.79 Å². The van der Waals surface area contributed by atoms with Crippen LogP contribution in [-0.2, 0) is 28.5 Å². The number of terminal acetylenes is 1. The van der Waals surface area contributed by atoms with Gasteiger partial charge >= 0.3 is 6.09 Å². The van der Waals surface area contributed by atoms with Gasteiger partial charge in [-0.25, -0.2) is 4.79 Å². The van der Waals surface area contributed by atoms with Gasteiger partial charge in [0.25, 0.3) is 0 Å². The maximum absolute atomic E-state index is 12.7. The Morgan fingerprint density at radius 3 is 1.92 bits per heavy atom. The van der Waals surface area contributed by atoms with Crippen LogP contribution < -0.4 is 5.32 Å². The molecule has 9 heteroatoms. The third-order valence-electron chi connectivity index (χ3n) is 4.92. The zero-order chi connectivity index (χ0) is 26.9. The minimum Gasteiger partial charge on any atom is -0.444 e. The van der Waals surface area contributed by atoms with Gasteiger partial charge in [0, 0.05) is 19.6 Å². The van der Waals surface area contributed by atoms with Crippen LogP contribution in [-0.4, -0.2) is 95.0 Å². The summed E-state index contributed by atoms with van der Waals surface area (Å²) in [6.07, 6.45) is 11.0. The highest BCUT2D eigenvalue weighted by Crippen LogP contribution is 2.07. The van der Waals surface area contributed by atoms with E-state index in [4.69, 9.17) is 30.1 Å². The van der Waals surface area contributed by atoms with Gasteiger partial charge in [-0.1, -0.05) is 25.7 Å². The molecule has 0 aromatic rings. The number of carbonyl (C=O) groups is 2. The van der Waals surface area contributed by atoms with Gasteiger partial charge in [-0.2, -0.15) is 0 Å².